The highest BCUT2D eigenvalue weighted by Crippen LogP contribution is 2.26. The van der Waals surface area contributed by atoms with Crippen LogP contribution in [0.15, 0.2) is 24.3 Å². The van der Waals surface area contributed by atoms with Gasteiger partial charge in [0, 0.05) is 25.0 Å². The summed E-state index contributed by atoms with van der Waals surface area (Å²) in [6.07, 6.45) is 1.77. The number of likely N-dealkylation sites (N-methyl/N-ethyl adjacent to an activating group) is 1. The highest BCUT2D eigenvalue weighted by molar-refractivity contribution is 6.02. The van der Waals surface area contributed by atoms with Crippen molar-refractivity contribution in [2.45, 2.75) is 200 Å². The third kappa shape index (κ3) is 28.7. The highest BCUT2D eigenvalue weighted by atomic mass is 16.5. The number of nitrogens with zero attached hydrogens (tertiary/aromatic N) is 2. The molecule has 16 N–H and O–H groups in total. The summed E-state index contributed by atoms with van der Waals surface area (Å²) in [6.45, 7) is 13.7. The number of carbonyl (C=O) groups excluding carboxylic acids is 13. The lowest BCUT2D eigenvalue weighted by molar-refractivity contribution is -0.873. The Bertz CT molecular complexity index is 2970. The Kier molecular flexibility index (Phi) is 35.3. The van der Waals surface area contributed by atoms with Gasteiger partial charge in [0.05, 0.1) is 52.0 Å². The maximum Gasteiger partial charge on any atom is 0.335 e. The van der Waals surface area contributed by atoms with Gasteiger partial charge in [0.15, 0.2) is 12.2 Å². The number of hydrogen-bond acceptors (Lipinski definition) is 20. The van der Waals surface area contributed by atoms with Crippen LogP contribution < -0.4 is 64.0 Å². The van der Waals surface area contributed by atoms with Crippen LogP contribution in [0.25, 0.3) is 0 Å². The predicted molar refractivity (Wildman–Crippen MR) is 349 cm³/mol. The minimum Gasteiger partial charge on any atom is -0.550 e. The van der Waals surface area contributed by atoms with Gasteiger partial charge in [0.25, 0.3) is 0 Å². The Labute approximate surface area is 575 Å². The van der Waals surface area contributed by atoms with Crippen molar-refractivity contribution >= 4 is 94.8 Å². The number of carboxylic acids is 4. The average molecular weight is 1410 g/mol. The van der Waals surface area contributed by atoms with Crippen LogP contribution in [0.1, 0.15) is 127 Å². The molecule has 0 aromatic heterocycles. The van der Waals surface area contributed by atoms with E-state index in [1.807, 2.05) is 22.9 Å². The molecule has 0 aliphatic carbocycles. The molecule has 11 amide bonds. The Morgan fingerprint density at radius 3 is 1.86 bits per heavy atom. The lowest BCUT2D eigenvalue weighted by Gasteiger charge is -2.34. The van der Waals surface area contributed by atoms with Gasteiger partial charge in [0.1, 0.15) is 60.9 Å². The van der Waals surface area contributed by atoms with Crippen LogP contribution in [-0.4, -0.2) is 245 Å². The number of carbonyl (C=O) groups is 16. The topological polar surface area (TPSA) is 536 Å². The van der Waals surface area contributed by atoms with Gasteiger partial charge < -0.3 is 103 Å². The van der Waals surface area contributed by atoms with Gasteiger partial charge in [-0.05, 0) is 89.5 Å². The standard InChI is InChI=1S/C64H103N13O22/c1-14-33(6)21-17-15-16-18-23-42(78)70-49(36(9)64(98)99-38(26-44(80)81)30-77(11,12)13)58(90)74-50-37(10)67-55(87)41-25-34(7)29-76(41)61(93)47(32(4)5)73-57(89)48(35(8)62(94)95)71-43(79)28-66-53(85)40(27-45(82)83)69-60(92)51(52(84)63(96)97)75-54(86)39(22-19-20-24-65)68-56(88)46(31(2)3)72-59(50)91/h15-16,18,23,31-41,46-52,84H,14,17,19-22,24-30,65H2,1-13H3,(H13-,66,67,68,69,70,71,72,73,74,75,78,79,80,81,82,83,85,86,87,88,89,90,91,92,94,95,96,97)/b16-15-,23-18+/t33?,34-,35?,36?,37?,38?,39+,40+,41+,46-,47+,48-,49+,50+,51+,52?/m1/s1. The van der Waals surface area contributed by atoms with Crippen LogP contribution in [0.5, 0.6) is 0 Å². The third-order valence-corrected chi connectivity index (χ3v) is 16.6. The van der Waals surface area contributed by atoms with Crippen molar-refractivity contribution in [3.05, 3.63) is 24.3 Å². The lowest BCUT2D eigenvalue weighted by atomic mass is 9.97. The van der Waals surface area contributed by atoms with Crippen LogP contribution >= 0.6 is 0 Å². The number of ether oxygens (including phenoxy) is 1. The number of amides is 11. The van der Waals surface area contributed by atoms with Gasteiger partial charge in [0.2, 0.25) is 65.0 Å². The quantitative estimate of drug-likeness (QED) is 0.0115. The first-order valence-corrected chi connectivity index (χ1v) is 33.0. The first-order chi connectivity index (χ1) is 46.0. The molecule has 0 bridgehead atoms. The van der Waals surface area contributed by atoms with Crippen molar-refractivity contribution in [3.8, 4) is 0 Å². The molecular weight excluding hydrogens is 1300 g/mol. The van der Waals surface area contributed by atoms with Crippen molar-refractivity contribution in [1.29, 1.82) is 0 Å². The van der Waals surface area contributed by atoms with E-state index in [1.54, 1.807) is 40.2 Å². The largest absolute Gasteiger partial charge is 0.550 e. The molecule has 2 fully saturated rings. The molecule has 2 aliphatic heterocycles. The number of quaternary nitrogens is 1. The minimum atomic E-state index is -2.86. The number of nitrogens with one attached hydrogen (secondary N) is 10. The highest BCUT2D eigenvalue weighted by Gasteiger charge is 2.46. The lowest BCUT2D eigenvalue weighted by Crippen LogP contribution is -2.65. The van der Waals surface area contributed by atoms with Crippen molar-refractivity contribution in [1.82, 2.24) is 58.1 Å². The number of esters is 1. The van der Waals surface area contributed by atoms with Gasteiger partial charge in [-0.2, -0.15) is 0 Å². The molecular formula is C64H103N13O22. The van der Waals surface area contributed by atoms with Gasteiger partial charge in [-0.1, -0.05) is 73.1 Å². The van der Waals surface area contributed by atoms with E-state index in [1.165, 1.54) is 47.6 Å². The summed E-state index contributed by atoms with van der Waals surface area (Å²) in [5.74, 6) is -27.3. The van der Waals surface area contributed by atoms with E-state index in [9.17, 15) is 92.7 Å². The fourth-order valence-electron chi connectivity index (χ4n) is 10.6. The van der Waals surface area contributed by atoms with E-state index < -0.39 is 216 Å². The Morgan fingerprint density at radius 2 is 1.30 bits per heavy atom. The van der Waals surface area contributed by atoms with Crippen LogP contribution in [0, 0.1) is 35.5 Å². The van der Waals surface area contributed by atoms with E-state index in [-0.39, 0.29) is 49.8 Å². The van der Waals surface area contributed by atoms with E-state index in [2.05, 4.69) is 44.1 Å². The molecule has 0 aromatic rings. The molecule has 0 spiro atoms. The second kappa shape index (κ2) is 40.7. The molecule has 35 nitrogen and oxygen atoms in total. The SMILES string of the molecule is CCC(C)CC/C=C\C=C\C(=O)N[C@H](C(=O)N[C@@H]1C(=O)N[C@H](C(C)C)C(=O)N[C@@H](CCCCN)C(=O)N[C@@H](C(O)C(=O)O)C(=O)N[C@@H](CC(=O)O)C(=O)NCC(=O)N[C@H](C(C)C(=O)O)C(=O)N[C@@H](C(C)C)C(=O)N2C[C@H](C)C[C@H]2C(=O)NC1C)C(C)C(=O)OC(CC(=O)[O-])C[N+](C)(C)C. The summed E-state index contributed by atoms with van der Waals surface area (Å²) in [5, 5.41) is 75.5. The number of carboxylic acid groups (broad SMARTS) is 4. The number of nitrogens with two attached hydrogens (primary N) is 1. The zero-order chi connectivity index (χ0) is 75.5. The zero-order valence-corrected chi connectivity index (χ0v) is 58.5. The first kappa shape index (κ1) is 86.0. The number of hydrogen-bond donors (Lipinski definition) is 15. The third-order valence-electron chi connectivity index (χ3n) is 16.6. The number of aliphatic hydroxyl groups is 1. The molecule has 556 valence electrons. The zero-order valence-electron chi connectivity index (χ0n) is 58.5. The molecule has 2 saturated heterocycles. The Morgan fingerprint density at radius 1 is 0.717 bits per heavy atom. The summed E-state index contributed by atoms with van der Waals surface area (Å²) in [5.41, 5.74) is 5.73. The molecule has 0 saturated carbocycles. The average Bonchev–Trinajstić information content (AvgIpc) is 1.72. The van der Waals surface area contributed by atoms with Gasteiger partial charge in [-0.25, -0.2) is 4.79 Å². The van der Waals surface area contributed by atoms with Crippen LogP contribution in [-0.2, 0) is 81.4 Å². The number of aliphatic carboxylic acids is 4. The number of rotatable bonds is 28. The normalized spacial score (nSPS) is 25.1. The summed E-state index contributed by atoms with van der Waals surface area (Å²) >= 11 is 0. The Hall–Kier alpha value is -9.12. The smallest absolute Gasteiger partial charge is 0.335 e. The summed E-state index contributed by atoms with van der Waals surface area (Å²) in [6, 6.07) is -19.0. The molecule has 16 atom stereocenters. The molecule has 2 rings (SSSR count). The number of unbranched alkanes of at least 4 members (excludes halogenated alkanes) is 1. The fraction of sp³-hybridized carbons (Fsp3) is 0.688. The van der Waals surface area contributed by atoms with Crippen LogP contribution in [0.3, 0.4) is 0 Å². The van der Waals surface area contributed by atoms with Gasteiger partial charge >= 0.3 is 23.9 Å². The van der Waals surface area contributed by atoms with Crippen molar-refractivity contribution < 1.29 is 111 Å². The summed E-state index contributed by atoms with van der Waals surface area (Å²) in [7, 11) is 5.04. The molecule has 0 radical (unpaired) electrons. The molecule has 2 heterocycles. The summed E-state index contributed by atoms with van der Waals surface area (Å²) < 4.78 is 5.73. The van der Waals surface area contributed by atoms with E-state index >= 15 is 9.59 Å². The van der Waals surface area contributed by atoms with Gasteiger partial charge in [-0.3, -0.25) is 67.1 Å². The van der Waals surface area contributed by atoms with Crippen molar-refractivity contribution in [3.63, 3.8) is 0 Å². The van der Waals surface area contributed by atoms with Gasteiger partial charge in [-0.15, -0.1) is 0 Å². The minimum absolute atomic E-state index is 0.0346. The molecule has 99 heavy (non-hydrogen) atoms. The number of aliphatic hydroxyl groups excluding tert-OH is 1. The van der Waals surface area contributed by atoms with E-state index in [0.29, 0.717) is 12.3 Å². The summed E-state index contributed by atoms with van der Waals surface area (Å²) in [4.78, 5) is 222. The maximum absolute atomic E-state index is 15.2. The fourth-order valence-corrected chi connectivity index (χ4v) is 10.6. The molecule has 2 aliphatic rings. The van der Waals surface area contributed by atoms with Crippen LogP contribution in [0.2, 0.25) is 0 Å². The van der Waals surface area contributed by atoms with Crippen molar-refractivity contribution in [2.75, 3.05) is 47.3 Å². The molecule has 6 unspecified atom stereocenters. The monoisotopic (exact) mass is 1410 g/mol. The predicted octanol–water partition coefficient (Wildman–Crippen LogP) is -4.85. The second-order valence-electron chi connectivity index (χ2n) is 27.0. The first-order valence-electron chi connectivity index (χ1n) is 33.0. The molecule has 35 heteroatoms. The Balaban J connectivity index is 3.09. The van der Waals surface area contributed by atoms with Crippen molar-refractivity contribution in [2.24, 2.45) is 41.2 Å². The second-order valence-corrected chi connectivity index (χ2v) is 27.0. The maximum atomic E-state index is 15.2. The van der Waals surface area contributed by atoms with E-state index in [0.717, 1.165) is 30.7 Å². The molecule has 0 aromatic carbocycles. The van der Waals surface area contributed by atoms with E-state index in [4.69, 9.17) is 10.5 Å². The number of allylic oxidation sites excluding steroid dienone is 3. The number of fused-ring (bicyclic) bond motifs is 1. The van der Waals surface area contributed by atoms with Crippen LogP contribution in [0.4, 0.5) is 0 Å².